The number of ether oxygens (including phenoxy) is 2. The molecule has 0 spiro atoms. The van der Waals surface area contributed by atoms with Crippen LogP contribution in [0.25, 0.3) is 0 Å². The minimum atomic E-state index is -0.344. The number of benzene rings is 1. The van der Waals surface area contributed by atoms with E-state index in [4.69, 9.17) is 25.5 Å². The lowest BCUT2D eigenvalue weighted by molar-refractivity contribution is -0.121. The van der Waals surface area contributed by atoms with Crippen LogP contribution in [0, 0.1) is 0 Å². The molecule has 1 aliphatic rings. The molecule has 1 aliphatic heterocycles. The van der Waals surface area contributed by atoms with Crippen LogP contribution in [0.1, 0.15) is 16.1 Å². The maximum absolute atomic E-state index is 12.4. The number of likely N-dealkylation sites (N-methyl/N-ethyl adjacent to an activating group) is 1. The van der Waals surface area contributed by atoms with Crippen molar-refractivity contribution in [3.8, 4) is 11.5 Å². The van der Waals surface area contributed by atoms with Gasteiger partial charge in [0.15, 0.2) is 11.5 Å². The molecule has 0 radical (unpaired) electrons. The normalized spacial score (nSPS) is 12.1. The van der Waals surface area contributed by atoms with E-state index in [0.717, 1.165) is 0 Å². The van der Waals surface area contributed by atoms with Gasteiger partial charge >= 0.3 is 0 Å². The Morgan fingerprint density at radius 3 is 2.92 bits per heavy atom. The van der Waals surface area contributed by atoms with Crippen molar-refractivity contribution in [2.75, 3.05) is 20.4 Å². The number of hydrogen-bond acceptors (Lipinski definition) is 5. The molecule has 0 saturated heterocycles. The molecule has 24 heavy (non-hydrogen) atoms. The monoisotopic (exact) mass is 350 g/mol. The van der Waals surface area contributed by atoms with E-state index in [9.17, 15) is 9.59 Å². The largest absolute Gasteiger partial charge is 0.467 e. The third-order valence-corrected chi connectivity index (χ3v) is 3.72. The van der Waals surface area contributed by atoms with Gasteiger partial charge in [-0.25, -0.2) is 0 Å². The number of amides is 2. The van der Waals surface area contributed by atoms with Crippen LogP contribution in [-0.4, -0.2) is 37.1 Å². The first-order chi connectivity index (χ1) is 11.5. The van der Waals surface area contributed by atoms with Crippen LogP contribution in [0.2, 0.25) is 5.02 Å². The number of halogens is 1. The van der Waals surface area contributed by atoms with Gasteiger partial charge in [-0.15, -0.1) is 0 Å². The van der Waals surface area contributed by atoms with Gasteiger partial charge in [0.25, 0.3) is 5.91 Å². The molecule has 3 rings (SSSR count). The first kappa shape index (κ1) is 16.2. The number of fused-ring (bicyclic) bond motifs is 1. The highest BCUT2D eigenvalue weighted by molar-refractivity contribution is 6.32. The summed E-state index contributed by atoms with van der Waals surface area (Å²) in [6.45, 7) is 0.243. The molecule has 1 aromatic heterocycles. The predicted molar refractivity (Wildman–Crippen MR) is 85.1 cm³/mol. The van der Waals surface area contributed by atoms with E-state index >= 15 is 0 Å². The first-order valence-electron chi connectivity index (χ1n) is 7.18. The molecule has 2 heterocycles. The molecule has 0 bridgehead atoms. The Labute approximate surface area is 143 Å². The minimum absolute atomic E-state index is 0.0672. The lowest BCUT2D eigenvalue weighted by atomic mass is 10.1. The van der Waals surface area contributed by atoms with Crippen molar-refractivity contribution in [3.05, 3.63) is 46.9 Å². The number of nitrogens with one attached hydrogen (secondary N) is 1. The second-order valence-corrected chi connectivity index (χ2v) is 5.62. The standard InChI is InChI=1S/C16H15ClN2O5/c1-19(8-14(20)18-7-11-3-2-4-22-11)16(21)10-5-12(17)15-13(6-10)23-9-24-15/h2-6H,7-9H2,1H3,(H,18,20). The maximum Gasteiger partial charge on any atom is 0.254 e. The molecular formula is C16H15ClN2O5. The Balaban J connectivity index is 1.60. The Bertz CT molecular complexity index is 760. The molecule has 1 aromatic carbocycles. The number of hydrogen-bond donors (Lipinski definition) is 1. The van der Waals surface area contributed by atoms with Crippen molar-refractivity contribution in [3.63, 3.8) is 0 Å². The summed E-state index contributed by atoms with van der Waals surface area (Å²) >= 11 is 6.07. The molecule has 0 saturated carbocycles. The summed E-state index contributed by atoms with van der Waals surface area (Å²) in [5.74, 6) is 0.839. The predicted octanol–water partition coefficient (Wildman–Crippen LogP) is 2.05. The summed E-state index contributed by atoms with van der Waals surface area (Å²) in [5, 5.41) is 2.97. The average Bonchev–Trinajstić information content (AvgIpc) is 3.23. The van der Waals surface area contributed by atoms with Gasteiger partial charge in [-0.2, -0.15) is 0 Å². The molecule has 1 N–H and O–H groups in total. The van der Waals surface area contributed by atoms with Gasteiger partial charge in [0.2, 0.25) is 12.7 Å². The fourth-order valence-electron chi connectivity index (χ4n) is 2.25. The van der Waals surface area contributed by atoms with Crippen LogP contribution < -0.4 is 14.8 Å². The molecule has 0 unspecified atom stereocenters. The van der Waals surface area contributed by atoms with Crippen molar-refractivity contribution in [1.29, 1.82) is 0 Å². The van der Waals surface area contributed by atoms with E-state index in [1.165, 1.54) is 24.3 Å². The quantitative estimate of drug-likeness (QED) is 0.892. The van der Waals surface area contributed by atoms with Crippen LogP contribution in [0.3, 0.4) is 0 Å². The Hall–Kier alpha value is -2.67. The molecule has 0 fully saturated rings. The summed E-state index contributed by atoms with van der Waals surface area (Å²) in [6, 6.07) is 6.53. The molecule has 0 aliphatic carbocycles. The molecule has 2 aromatic rings. The maximum atomic E-state index is 12.4. The fourth-order valence-corrected chi connectivity index (χ4v) is 2.52. The smallest absolute Gasteiger partial charge is 0.254 e. The van der Waals surface area contributed by atoms with Gasteiger partial charge in [-0.05, 0) is 24.3 Å². The van der Waals surface area contributed by atoms with Crippen LogP contribution in [-0.2, 0) is 11.3 Å². The van der Waals surface area contributed by atoms with Crippen LogP contribution in [0.15, 0.2) is 34.9 Å². The zero-order valence-corrected chi connectivity index (χ0v) is 13.6. The van der Waals surface area contributed by atoms with E-state index in [2.05, 4.69) is 5.32 Å². The lowest BCUT2D eigenvalue weighted by Crippen LogP contribution is -2.38. The highest BCUT2D eigenvalue weighted by Gasteiger charge is 2.23. The number of carbonyl (C=O) groups is 2. The van der Waals surface area contributed by atoms with E-state index in [1.807, 2.05) is 0 Å². The van der Waals surface area contributed by atoms with Crippen LogP contribution in [0.4, 0.5) is 0 Å². The number of rotatable bonds is 5. The molecule has 8 heteroatoms. The summed E-state index contributed by atoms with van der Waals surface area (Å²) in [4.78, 5) is 25.7. The Morgan fingerprint density at radius 2 is 2.17 bits per heavy atom. The third-order valence-electron chi connectivity index (χ3n) is 3.44. The number of furan rings is 1. The van der Waals surface area contributed by atoms with Gasteiger partial charge in [-0.3, -0.25) is 9.59 Å². The third kappa shape index (κ3) is 3.46. The molecule has 126 valence electrons. The van der Waals surface area contributed by atoms with E-state index in [0.29, 0.717) is 27.8 Å². The highest BCUT2D eigenvalue weighted by Crippen LogP contribution is 2.39. The molecule has 2 amide bonds. The SMILES string of the molecule is CN(CC(=O)NCc1ccco1)C(=O)c1cc(Cl)c2c(c1)OCO2. The van der Waals surface area contributed by atoms with Crippen molar-refractivity contribution >= 4 is 23.4 Å². The number of carbonyl (C=O) groups excluding carboxylic acids is 2. The highest BCUT2D eigenvalue weighted by atomic mass is 35.5. The van der Waals surface area contributed by atoms with Gasteiger partial charge in [-0.1, -0.05) is 11.6 Å². The topological polar surface area (TPSA) is 81.0 Å². The lowest BCUT2D eigenvalue weighted by Gasteiger charge is -2.17. The van der Waals surface area contributed by atoms with E-state index in [1.54, 1.807) is 18.2 Å². The second kappa shape index (κ2) is 6.84. The Kier molecular flexibility index (Phi) is 4.61. The fraction of sp³-hybridized carbons (Fsp3) is 0.250. The molecule has 7 nitrogen and oxygen atoms in total. The zero-order valence-electron chi connectivity index (χ0n) is 12.9. The molecule has 0 atom stereocenters. The van der Waals surface area contributed by atoms with E-state index < -0.39 is 0 Å². The van der Waals surface area contributed by atoms with Gasteiger partial charge in [0.1, 0.15) is 5.76 Å². The minimum Gasteiger partial charge on any atom is -0.467 e. The first-order valence-corrected chi connectivity index (χ1v) is 7.56. The van der Waals surface area contributed by atoms with Gasteiger partial charge < -0.3 is 24.1 Å². The van der Waals surface area contributed by atoms with Crippen molar-refractivity contribution in [1.82, 2.24) is 10.2 Å². The van der Waals surface area contributed by atoms with Crippen LogP contribution >= 0.6 is 11.6 Å². The van der Waals surface area contributed by atoms with E-state index in [-0.39, 0.29) is 31.7 Å². The van der Waals surface area contributed by atoms with Crippen LogP contribution in [0.5, 0.6) is 11.5 Å². The van der Waals surface area contributed by atoms with Crippen molar-refractivity contribution < 1.29 is 23.5 Å². The summed E-state index contributed by atoms with van der Waals surface area (Å²) in [6.07, 6.45) is 1.53. The van der Waals surface area contributed by atoms with Crippen molar-refractivity contribution in [2.24, 2.45) is 0 Å². The summed E-state index contributed by atoms with van der Waals surface area (Å²) in [5.41, 5.74) is 0.325. The zero-order chi connectivity index (χ0) is 17.1. The van der Waals surface area contributed by atoms with Crippen molar-refractivity contribution in [2.45, 2.75) is 6.54 Å². The number of nitrogens with zero attached hydrogens (tertiary/aromatic N) is 1. The summed E-state index contributed by atoms with van der Waals surface area (Å²) in [7, 11) is 1.54. The average molecular weight is 351 g/mol. The van der Waals surface area contributed by atoms with Gasteiger partial charge in [0.05, 0.1) is 24.4 Å². The molecular weight excluding hydrogens is 336 g/mol. The second-order valence-electron chi connectivity index (χ2n) is 5.21. The Morgan fingerprint density at radius 1 is 1.33 bits per heavy atom. The van der Waals surface area contributed by atoms with Gasteiger partial charge in [0, 0.05) is 12.6 Å². The summed E-state index contributed by atoms with van der Waals surface area (Å²) < 4.78 is 15.6.